The van der Waals surface area contributed by atoms with Gasteiger partial charge in [0.25, 0.3) is 0 Å². The number of benzene rings is 2. The van der Waals surface area contributed by atoms with E-state index in [0.717, 1.165) is 5.56 Å². The largest absolute Gasteiger partial charge is 0.492 e. The fraction of sp³-hybridized carbons (Fsp3) is 0.269. The third kappa shape index (κ3) is 5.60. The third-order valence-electron chi connectivity index (χ3n) is 4.96. The summed E-state index contributed by atoms with van der Waals surface area (Å²) in [5.74, 6) is 0.214. The SMILES string of the molecule is CCOc1ccccc1N=Nc1c(C)[nH]n(-c2nc(-c3ccc(C(=O)OC(C)(C)C)cc3)cs2)c1=O. The first-order valence-electron chi connectivity index (χ1n) is 11.4. The minimum Gasteiger partial charge on any atom is -0.492 e. The number of aromatic nitrogens is 3. The number of thiazole rings is 1. The molecule has 10 heteroatoms. The molecular formula is C26H27N5O4S. The molecule has 0 atom stereocenters. The van der Waals surface area contributed by atoms with Crippen LogP contribution >= 0.6 is 11.3 Å². The van der Waals surface area contributed by atoms with Gasteiger partial charge >= 0.3 is 11.5 Å². The number of nitrogens with zero attached hydrogens (tertiary/aromatic N) is 4. The topological polar surface area (TPSA) is 111 Å². The Balaban J connectivity index is 1.56. The number of hydrogen-bond donors (Lipinski definition) is 1. The number of carbonyl (C=O) groups excluding carboxylic acids is 1. The molecule has 0 fully saturated rings. The van der Waals surface area contributed by atoms with Crippen molar-refractivity contribution >= 4 is 28.7 Å². The molecule has 36 heavy (non-hydrogen) atoms. The lowest BCUT2D eigenvalue weighted by Crippen LogP contribution is -2.23. The molecule has 0 aliphatic rings. The van der Waals surface area contributed by atoms with Gasteiger partial charge in [-0.25, -0.2) is 9.78 Å². The van der Waals surface area contributed by atoms with Gasteiger partial charge in [0, 0.05) is 10.9 Å². The highest BCUT2D eigenvalue weighted by Crippen LogP contribution is 2.29. The number of esters is 1. The molecule has 0 amide bonds. The van der Waals surface area contributed by atoms with Crippen molar-refractivity contribution in [1.82, 2.24) is 14.8 Å². The standard InChI is InChI=1S/C26H27N5O4S/c1-6-34-21-10-8-7-9-19(21)28-29-22-16(2)30-31(23(22)32)25-27-20(15-36-25)17-11-13-18(14-12-17)24(33)35-26(3,4)5/h7-15,30H,6H2,1-5H3. The van der Waals surface area contributed by atoms with Crippen molar-refractivity contribution in [2.75, 3.05) is 6.61 Å². The number of hydrogen-bond acceptors (Lipinski definition) is 8. The van der Waals surface area contributed by atoms with E-state index in [0.29, 0.717) is 40.1 Å². The van der Waals surface area contributed by atoms with Crippen molar-refractivity contribution in [3.05, 3.63) is 75.5 Å². The van der Waals surface area contributed by atoms with Crippen molar-refractivity contribution < 1.29 is 14.3 Å². The van der Waals surface area contributed by atoms with E-state index in [2.05, 4.69) is 20.3 Å². The maximum absolute atomic E-state index is 13.1. The van der Waals surface area contributed by atoms with Crippen molar-refractivity contribution in [3.8, 4) is 22.1 Å². The zero-order valence-corrected chi connectivity index (χ0v) is 21.5. The van der Waals surface area contributed by atoms with Crippen LogP contribution in [0.4, 0.5) is 11.4 Å². The predicted octanol–water partition coefficient (Wildman–Crippen LogP) is 6.37. The van der Waals surface area contributed by atoms with E-state index in [1.165, 1.54) is 16.0 Å². The summed E-state index contributed by atoms with van der Waals surface area (Å²) in [7, 11) is 0. The van der Waals surface area contributed by atoms with Crippen molar-refractivity contribution in [1.29, 1.82) is 0 Å². The second-order valence-electron chi connectivity index (χ2n) is 8.92. The molecular weight excluding hydrogens is 478 g/mol. The lowest BCUT2D eigenvalue weighted by Gasteiger charge is -2.19. The number of ether oxygens (including phenoxy) is 2. The van der Waals surface area contributed by atoms with Crippen LogP contribution in [0, 0.1) is 6.92 Å². The average Bonchev–Trinajstić information content (AvgIpc) is 3.42. The van der Waals surface area contributed by atoms with Gasteiger partial charge in [-0.2, -0.15) is 4.68 Å². The molecule has 186 valence electrons. The summed E-state index contributed by atoms with van der Waals surface area (Å²) in [5, 5.41) is 13.8. The Bertz CT molecular complexity index is 1460. The summed E-state index contributed by atoms with van der Waals surface area (Å²) in [6.07, 6.45) is 0. The van der Waals surface area contributed by atoms with Gasteiger partial charge in [-0.15, -0.1) is 21.6 Å². The Morgan fingerprint density at radius 3 is 2.53 bits per heavy atom. The van der Waals surface area contributed by atoms with E-state index >= 15 is 0 Å². The van der Waals surface area contributed by atoms with Crippen LogP contribution in [-0.2, 0) is 4.74 Å². The van der Waals surface area contributed by atoms with Gasteiger partial charge in [-0.3, -0.25) is 9.89 Å². The van der Waals surface area contributed by atoms with Gasteiger partial charge in [0.2, 0.25) is 5.13 Å². The molecule has 1 N–H and O–H groups in total. The highest BCUT2D eigenvalue weighted by atomic mass is 32.1. The lowest BCUT2D eigenvalue weighted by atomic mass is 10.1. The molecule has 0 unspecified atom stereocenters. The Hall–Kier alpha value is -4.05. The zero-order chi connectivity index (χ0) is 25.9. The summed E-state index contributed by atoms with van der Waals surface area (Å²) >= 11 is 1.31. The fourth-order valence-electron chi connectivity index (χ4n) is 3.33. The molecule has 0 bridgehead atoms. The second-order valence-corrected chi connectivity index (χ2v) is 9.76. The number of nitrogens with one attached hydrogen (secondary N) is 1. The fourth-order valence-corrected chi connectivity index (χ4v) is 4.12. The van der Waals surface area contributed by atoms with Crippen LogP contribution in [0.25, 0.3) is 16.4 Å². The highest BCUT2D eigenvalue weighted by Gasteiger charge is 2.19. The molecule has 0 saturated heterocycles. The van der Waals surface area contributed by atoms with Crippen LogP contribution in [0.15, 0.2) is 68.9 Å². The van der Waals surface area contributed by atoms with E-state index in [9.17, 15) is 9.59 Å². The van der Waals surface area contributed by atoms with Gasteiger partial charge in [-0.1, -0.05) is 24.3 Å². The zero-order valence-electron chi connectivity index (χ0n) is 20.7. The Labute approximate surface area is 212 Å². The molecule has 2 aromatic heterocycles. The number of azo groups is 1. The van der Waals surface area contributed by atoms with Crippen LogP contribution in [0.1, 0.15) is 43.7 Å². The molecule has 4 rings (SSSR count). The summed E-state index contributed by atoms with van der Waals surface area (Å²) in [6.45, 7) is 9.62. The molecule has 9 nitrogen and oxygen atoms in total. The van der Waals surface area contributed by atoms with Crippen LogP contribution in [0.5, 0.6) is 5.75 Å². The first-order chi connectivity index (χ1) is 17.2. The Kier molecular flexibility index (Phi) is 7.16. The summed E-state index contributed by atoms with van der Waals surface area (Å²) in [6, 6.07) is 14.3. The molecule has 2 aromatic carbocycles. The molecule has 2 heterocycles. The second kappa shape index (κ2) is 10.3. The minimum atomic E-state index is -0.563. The summed E-state index contributed by atoms with van der Waals surface area (Å²) in [4.78, 5) is 29.9. The van der Waals surface area contributed by atoms with Gasteiger partial charge < -0.3 is 9.47 Å². The van der Waals surface area contributed by atoms with Gasteiger partial charge in [0.05, 0.1) is 23.6 Å². The number of aryl methyl sites for hydroxylation is 1. The van der Waals surface area contributed by atoms with Crippen LogP contribution < -0.4 is 10.3 Å². The minimum absolute atomic E-state index is 0.194. The first kappa shape index (κ1) is 25.1. The Morgan fingerprint density at radius 2 is 1.83 bits per heavy atom. The number of rotatable bonds is 7. The Morgan fingerprint density at radius 1 is 1.11 bits per heavy atom. The maximum atomic E-state index is 13.1. The first-order valence-corrected chi connectivity index (χ1v) is 12.3. The van der Waals surface area contributed by atoms with Gasteiger partial charge in [0.1, 0.15) is 17.0 Å². The number of aromatic amines is 1. The van der Waals surface area contributed by atoms with Crippen LogP contribution in [-0.4, -0.2) is 32.9 Å². The van der Waals surface area contributed by atoms with E-state index in [1.807, 2.05) is 45.2 Å². The van der Waals surface area contributed by atoms with Crippen molar-refractivity contribution in [3.63, 3.8) is 0 Å². The molecule has 0 saturated carbocycles. The molecule has 0 spiro atoms. The third-order valence-corrected chi connectivity index (χ3v) is 5.79. The number of carbonyl (C=O) groups is 1. The highest BCUT2D eigenvalue weighted by molar-refractivity contribution is 7.12. The summed E-state index contributed by atoms with van der Waals surface area (Å²) in [5.41, 5.74) is 2.33. The predicted molar refractivity (Wildman–Crippen MR) is 139 cm³/mol. The van der Waals surface area contributed by atoms with Gasteiger partial charge in [-0.05, 0) is 58.9 Å². The maximum Gasteiger partial charge on any atom is 0.338 e. The van der Waals surface area contributed by atoms with Crippen LogP contribution in [0.3, 0.4) is 0 Å². The normalized spacial score (nSPS) is 11.7. The average molecular weight is 506 g/mol. The van der Waals surface area contributed by atoms with Crippen LogP contribution in [0.2, 0.25) is 0 Å². The van der Waals surface area contributed by atoms with Gasteiger partial charge in [0.15, 0.2) is 5.69 Å². The smallest absolute Gasteiger partial charge is 0.338 e. The lowest BCUT2D eigenvalue weighted by molar-refractivity contribution is 0.00695. The van der Waals surface area contributed by atoms with E-state index < -0.39 is 5.60 Å². The van der Waals surface area contributed by atoms with Crippen molar-refractivity contribution in [2.45, 2.75) is 40.2 Å². The quantitative estimate of drug-likeness (QED) is 0.232. The van der Waals surface area contributed by atoms with E-state index in [-0.39, 0.29) is 17.2 Å². The molecule has 4 aromatic rings. The summed E-state index contributed by atoms with van der Waals surface area (Å²) < 4.78 is 12.3. The van der Waals surface area contributed by atoms with E-state index in [4.69, 9.17) is 9.47 Å². The van der Waals surface area contributed by atoms with E-state index in [1.54, 1.807) is 43.3 Å². The molecule has 0 aliphatic heterocycles. The molecule has 0 radical (unpaired) electrons. The van der Waals surface area contributed by atoms with Crippen molar-refractivity contribution in [2.24, 2.45) is 10.2 Å². The molecule has 0 aliphatic carbocycles. The number of para-hydroxylation sites is 1. The monoisotopic (exact) mass is 505 g/mol. The number of H-pyrrole nitrogens is 1.